The van der Waals surface area contributed by atoms with Crippen molar-refractivity contribution in [1.82, 2.24) is 4.90 Å². The fourth-order valence-electron chi connectivity index (χ4n) is 2.13. The van der Waals surface area contributed by atoms with Crippen molar-refractivity contribution in [3.63, 3.8) is 0 Å². The monoisotopic (exact) mass is 196 g/mol. The van der Waals surface area contributed by atoms with Crippen molar-refractivity contribution in [2.75, 3.05) is 0 Å². The van der Waals surface area contributed by atoms with Gasteiger partial charge in [-0.3, -0.25) is 9.69 Å². The largest absolute Gasteiger partial charge is 0.477 e. The molecule has 0 saturated carbocycles. The second kappa shape index (κ2) is 2.81. The third-order valence-electron chi connectivity index (χ3n) is 2.93. The Balaban J connectivity index is 2.37. The van der Waals surface area contributed by atoms with E-state index < -0.39 is 12.0 Å². The molecule has 76 valence electrons. The average Bonchev–Trinajstić information content (AvgIpc) is 2.15. The van der Waals surface area contributed by atoms with Crippen LogP contribution in [-0.2, 0) is 9.59 Å². The van der Waals surface area contributed by atoms with E-state index in [0.717, 1.165) is 12.0 Å². The molecule has 2 heterocycles. The van der Waals surface area contributed by atoms with Gasteiger partial charge < -0.3 is 10.8 Å². The number of fused-ring (bicyclic) bond motifs is 1. The Kier molecular flexibility index (Phi) is 1.85. The van der Waals surface area contributed by atoms with Gasteiger partial charge in [0.25, 0.3) is 0 Å². The maximum absolute atomic E-state index is 11.4. The maximum Gasteiger partial charge on any atom is 0.352 e. The van der Waals surface area contributed by atoms with Gasteiger partial charge in [0, 0.05) is 0 Å². The summed E-state index contributed by atoms with van der Waals surface area (Å²) in [7, 11) is 0. The minimum Gasteiger partial charge on any atom is -0.477 e. The summed E-state index contributed by atoms with van der Waals surface area (Å²) in [6.07, 6.45) is 1.49. The van der Waals surface area contributed by atoms with E-state index in [4.69, 9.17) is 10.8 Å². The predicted octanol–water partition coefficient (Wildman–Crippen LogP) is -0.323. The van der Waals surface area contributed by atoms with Gasteiger partial charge in [-0.05, 0) is 25.3 Å². The molecule has 0 aromatic heterocycles. The van der Waals surface area contributed by atoms with Gasteiger partial charge in [-0.15, -0.1) is 0 Å². The summed E-state index contributed by atoms with van der Waals surface area (Å²) in [5.41, 5.74) is 6.47. The van der Waals surface area contributed by atoms with Crippen LogP contribution in [0.2, 0.25) is 0 Å². The fraction of sp³-hybridized carbons (Fsp3) is 0.556. The lowest BCUT2D eigenvalue weighted by molar-refractivity contribution is -0.152. The number of hydrogen-bond acceptors (Lipinski definition) is 3. The molecule has 1 amide bonds. The van der Waals surface area contributed by atoms with Gasteiger partial charge in [0.2, 0.25) is 5.91 Å². The molecule has 2 aliphatic rings. The van der Waals surface area contributed by atoms with Crippen LogP contribution >= 0.6 is 0 Å². The smallest absolute Gasteiger partial charge is 0.352 e. The number of aliphatic carboxylic acids is 1. The number of amides is 1. The Morgan fingerprint density at radius 1 is 1.64 bits per heavy atom. The van der Waals surface area contributed by atoms with Crippen LogP contribution in [0.4, 0.5) is 0 Å². The number of nitrogens with zero attached hydrogens (tertiary/aromatic N) is 1. The topological polar surface area (TPSA) is 83.6 Å². The second-order valence-electron chi connectivity index (χ2n) is 3.77. The molecule has 0 spiro atoms. The first kappa shape index (κ1) is 9.21. The molecule has 2 rings (SSSR count). The Hall–Kier alpha value is -1.36. The van der Waals surface area contributed by atoms with E-state index in [9.17, 15) is 9.59 Å². The molecule has 0 radical (unpaired) electrons. The quantitative estimate of drug-likeness (QED) is 0.563. The van der Waals surface area contributed by atoms with Crippen molar-refractivity contribution in [3.05, 3.63) is 11.3 Å². The number of carboxylic acid groups (broad SMARTS) is 1. The number of rotatable bonds is 1. The van der Waals surface area contributed by atoms with Crippen molar-refractivity contribution in [2.24, 2.45) is 5.73 Å². The van der Waals surface area contributed by atoms with E-state index in [2.05, 4.69) is 0 Å². The van der Waals surface area contributed by atoms with Gasteiger partial charge in [0.15, 0.2) is 0 Å². The minimum atomic E-state index is -1.03. The molecular formula is C9H12N2O3. The molecule has 2 atom stereocenters. The van der Waals surface area contributed by atoms with Gasteiger partial charge >= 0.3 is 5.97 Å². The summed E-state index contributed by atoms with van der Waals surface area (Å²) in [5, 5.41) is 8.94. The lowest BCUT2D eigenvalue weighted by atomic mass is 9.84. The van der Waals surface area contributed by atoms with Crippen LogP contribution in [0.25, 0.3) is 0 Å². The number of carbonyl (C=O) groups excluding carboxylic acids is 1. The van der Waals surface area contributed by atoms with Gasteiger partial charge in [0.05, 0.1) is 6.04 Å². The van der Waals surface area contributed by atoms with Crippen molar-refractivity contribution in [2.45, 2.75) is 31.8 Å². The Labute approximate surface area is 81.2 Å². The average molecular weight is 196 g/mol. The fourth-order valence-corrected chi connectivity index (χ4v) is 2.13. The molecule has 3 N–H and O–H groups in total. The molecule has 0 bridgehead atoms. The Morgan fingerprint density at radius 3 is 2.86 bits per heavy atom. The number of carboxylic acids is 1. The molecule has 5 nitrogen and oxygen atoms in total. The number of hydrogen-bond donors (Lipinski definition) is 2. The number of β-lactam (4-membered cyclic amide) rings is 1. The normalized spacial score (nSPS) is 31.3. The molecule has 0 aliphatic carbocycles. The summed E-state index contributed by atoms with van der Waals surface area (Å²) >= 11 is 0. The number of nitrogens with two attached hydrogens (primary N) is 1. The Morgan fingerprint density at radius 2 is 2.29 bits per heavy atom. The van der Waals surface area contributed by atoms with E-state index in [1.54, 1.807) is 6.92 Å². The van der Waals surface area contributed by atoms with Crippen LogP contribution in [0, 0.1) is 0 Å². The number of carbonyl (C=O) groups is 2. The zero-order chi connectivity index (χ0) is 10.5. The molecular weight excluding hydrogens is 184 g/mol. The summed E-state index contributed by atoms with van der Waals surface area (Å²) in [4.78, 5) is 23.6. The van der Waals surface area contributed by atoms with Gasteiger partial charge in [-0.25, -0.2) is 4.79 Å². The first-order chi connectivity index (χ1) is 6.54. The van der Waals surface area contributed by atoms with E-state index in [1.165, 1.54) is 4.90 Å². The van der Waals surface area contributed by atoms with Crippen molar-refractivity contribution >= 4 is 11.9 Å². The van der Waals surface area contributed by atoms with Gasteiger partial charge in [-0.2, -0.15) is 0 Å². The zero-order valence-corrected chi connectivity index (χ0v) is 7.86. The van der Waals surface area contributed by atoms with Crippen molar-refractivity contribution in [1.29, 1.82) is 0 Å². The highest BCUT2D eigenvalue weighted by Crippen LogP contribution is 2.35. The van der Waals surface area contributed by atoms with Gasteiger partial charge in [-0.1, -0.05) is 0 Å². The second-order valence-corrected chi connectivity index (χ2v) is 3.77. The summed E-state index contributed by atoms with van der Waals surface area (Å²) in [5.74, 6) is -1.31. The SMILES string of the molecule is CC1=C(C(=O)O)N2C(=O)C(N)C2CC1. The third-order valence-corrected chi connectivity index (χ3v) is 2.93. The van der Waals surface area contributed by atoms with E-state index in [1.807, 2.05) is 0 Å². The zero-order valence-electron chi connectivity index (χ0n) is 7.86. The molecule has 1 fully saturated rings. The minimum absolute atomic E-state index is 0.0997. The molecule has 0 aromatic carbocycles. The maximum atomic E-state index is 11.4. The lowest BCUT2D eigenvalue weighted by Crippen LogP contribution is -2.69. The van der Waals surface area contributed by atoms with E-state index in [0.29, 0.717) is 6.42 Å². The summed E-state index contributed by atoms with van der Waals surface area (Å²) < 4.78 is 0. The number of allylic oxidation sites excluding steroid dienone is 1. The molecule has 1 saturated heterocycles. The predicted molar refractivity (Wildman–Crippen MR) is 48.2 cm³/mol. The van der Waals surface area contributed by atoms with Crippen LogP contribution in [-0.4, -0.2) is 34.0 Å². The molecule has 2 aliphatic heterocycles. The van der Waals surface area contributed by atoms with Crippen LogP contribution in [0.5, 0.6) is 0 Å². The van der Waals surface area contributed by atoms with Crippen molar-refractivity contribution in [3.8, 4) is 0 Å². The Bertz CT molecular complexity index is 348. The first-order valence-corrected chi connectivity index (χ1v) is 4.55. The van der Waals surface area contributed by atoms with E-state index >= 15 is 0 Å². The van der Waals surface area contributed by atoms with Crippen LogP contribution < -0.4 is 5.73 Å². The lowest BCUT2D eigenvalue weighted by Gasteiger charge is -2.48. The molecule has 2 unspecified atom stereocenters. The van der Waals surface area contributed by atoms with Crippen LogP contribution in [0.1, 0.15) is 19.8 Å². The standard InChI is InChI=1S/C9H12N2O3/c1-4-2-3-5-6(10)8(12)11(5)7(4)9(13)14/h5-6H,2-3,10H2,1H3,(H,13,14). The van der Waals surface area contributed by atoms with Crippen LogP contribution in [0.3, 0.4) is 0 Å². The van der Waals surface area contributed by atoms with Crippen LogP contribution in [0.15, 0.2) is 11.3 Å². The van der Waals surface area contributed by atoms with Gasteiger partial charge in [0.1, 0.15) is 11.7 Å². The summed E-state index contributed by atoms with van der Waals surface area (Å²) in [6.45, 7) is 1.75. The summed E-state index contributed by atoms with van der Waals surface area (Å²) in [6, 6.07) is -0.602. The third kappa shape index (κ3) is 0.988. The van der Waals surface area contributed by atoms with Crippen molar-refractivity contribution < 1.29 is 14.7 Å². The molecule has 14 heavy (non-hydrogen) atoms. The molecule has 0 aromatic rings. The highest BCUT2D eigenvalue weighted by atomic mass is 16.4. The highest BCUT2D eigenvalue weighted by molar-refractivity contribution is 5.99. The molecule has 5 heteroatoms. The first-order valence-electron chi connectivity index (χ1n) is 4.55. The van der Waals surface area contributed by atoms with E-state index in [-0.39, 0.29) is 17.6 Å². The highest BCUT2D eigenvalue weighted by Gasteiger charge is 2.50.